The molecule has 0 aliphatic heterocycles. The number of hydrogen-bond acceptors (Lipinski definition) is 7. The van der Waals surface area contributed by atoms with E-state index in [0.717, 1.165) is 29.1 Å². The van der Waals surface area contributed by atoms with Crippen molar-refractivity contribution in [2.45, 2.75) is 20.3 Å². The summed E-state index contributed by atoms with van der Waals surface area (Å²) in [5, 5.41) is 3.34. The van der Waals surface area contributed by atoms with Gasteiger partial charge in [-0.2, -0.15) is 0 Å². The summed E-state index contributed by atoms with van der Waals surface area (Å²) in [6.07, 6.45) is 2.21. The minimum absolute atomic E-state index is 0.0710. The summed E-state index contributed by atoms with van der Waals surface area (Å²) >= 11 is 1.42. The van der Waals surface area contributed by atoms with E-state index >= 15 is 0 Å². The quantitative estimate of drug-likeness (QED) is 0.596. The molecule has 0 bridgehead atoms. The fourth-order valence-electron chi connectivity index (χ4n) is 2.91. The molecular formula is C21H26N6O2S. The summed E-state index contributed by atoms with van der Waals surface area (Å²) in [4.78, 5) is 43.4. The molecule has 9 heteroatoms. The van der Waals surface area contributed by atoms with Crippen molar-refractivity contribution in [3.05, 3.63) is 46.7 Å². The van der Waals surface area contributed by atoms with Crippen molar-refractivity contribution < 1.29 is 9.59 Å². The first-order valence-corrected chi connectivity index (χ1v) is 10.5. The minimum atomic E-state index is -0.311. The van der Waals surface area contributed by atoms with Gasteiger partial charge in [0.05, 0.1) is 22.9 Å². The number of amides is 2. The van der Waals surface area contributed by atoms with Crippen LogP contribution in [0.15, 0.2) is 30.5 Å². The molecule has 2 heterocycles. The lowest BCUT2D eigenvalue weighted by molar-refractivity contribution is -0.116. The highest BCUT2D eigenvalue weighted by Gasteiger charge is 2.21. The number of aryl methyl sites for hydroxylation is 2. The van der Waals surface area contributed by atoms with E-state index in [9.17, 15) is 9.59 Å². The molecule has 0 saturated carbocycles. The van der Waals surface area contributed by atoms with E-state index in [4.69, 9.17) is 0 Å². The SMILES string of the molecule is Cc1nc(NC(=O)CN(CCCN(C)C)C(=O)c2cnc3ccccc3n2)sc1C. The zero-order valence-electron chi connectivity index (χ0n) is 17.7. The van der Waals surface area contributed by atoms with Gasteiger partial charge in [-0.25, -0.2) is 9.97 Å². The van der Waals surface area contributed by atoms with Gasteiger partial charge in [0.1, 0.15) is 12.2 Å². The minimum Gasteiger partial charge on any atom is -0.328 e. The predicted octanol–water partition coefficient (Wildman–Crippen LogP) is 2.74. The molecule has 3 aromatic rings. The van der Waals surface area contributed by atoms with E-state index in [0.29, 0.717) is 17.2 Å². The Bertz CT molecular complexity index is 1030. The average molecular weight is 427 g/mol. The normalized spacial score (nSPS) is 11.1. The van der Waals surface area contributed by atoms with Gasteiger partial charge in [-0.3, -0.25) is 14.6 Å². The molecule has 0 atom stereocenters. The number of fused-ring (bicyclic) bond motifs is 1. The lowest BCUT2D eigenvalue weighted by atomic mass is 10.2. The van der Waals surface area contributed by atoms with Crippen LogP contribution >= 0.6 is 11.3 Å². The van der Waals surface area contributed by atoms with Crippen molar-refractivity contribution in [1.29, 1.82) is 0 Å². The molecule has 8 nitrogen and oxygen atoms in total. The zero-order valence-corrected chi connectivity index (χ0v) is 18.5. The number of aromatic nitrogens is 3. The Labute approximate surface area is 180 Å². The van der Waals surface area contributed by atoms with Gasteiger partial charge >= 0.3 is 0 Å². The molecule has 2 aromatic heterocycles. The lowest BCUT2D eigenvalue weighted by Gasteiger charge is -2.22. The van der Waals surface area contributed by atoms with E-state index < -0.39 is 0 Å². The van der Waals surface area contributed by atoms with Gasteiger partial charge in [0.25, 0.3) is 5.91 Å². The highest BCUT2D eigenvalue weighted by molar-refractivity contribution is 7.15. The molecule has 158 valence electrons. The maximum atomic E-state index is 13.1. The molecule has 0 radical (unpaired) electrons. The maximum Gasteiger partial charge on any atom is 0.274 e. The first kappa shape index (κ1) is 21.8. The summed E-state index contributed by atoms with van der Waals surface area (Å²) in [6, 6.07) is 7.39. The Kier molecular flexibility index (Phi) is 7.07. The van der Waals surface area contributed by atoms with Crippen LogP contribution in [0, 0.1) is 13.8 Å². The summed E-state index contributed by atoms with van der Waals surface area (Å²) < 4.78 is 0. The molecule has 30 heavy (non-hydrogen) atoms. The van der Waals surface area contributed by atoms with Crippen LogP contribution in [-0.2, 0) is 4.79 Å². The molecule has 0 unspecified atom stereocenters. The van der Waals surface area contributed by atoms with E-state index in [2.05, 4.69) is 20.3 Å². The highest BCUT2D eigenvalue weighted by Crippen LogP contribution is 2.21. The molecule has 0 saturated heterocycles. The molecule has 3 rings (SSSR count). The Hall–Kier alpha value is -2.91. The molecule has 1 aromatic carbocycles. The topological polar surface area (TPSA) is 91.3 Å². The summed E-state index contributed by atoms with van der Waals surface area (Å²) in [7, 11) is 3.95. The third-order valence-corrected chi connectivity index (χ3v) is 5.59. The second kappa shape index (κ2) is 9.73. The smallest absolute Gasteiger partial charge is 0.274 e. The standard InChI is InChI=1S/C21H26N6O2S/c1-14-15(2)30-21(23-14)25-19(28)13-27(11-7-10-26(3)4)20(29)18-12-22-16-8-5-6-9-17(16)24-18/h5-6,8-9,12H,7,10-11,13H2,1-4H3,(H,23,25,28). The van der Waals surface area contributed by atoms with Crippen LogP contribution < -0.4 is 5.32 Å². The first-order valence-electron chi connectivity index (χ1n) is 9.73. The number of nitrogens with one attached hydrogen (secondary N) is 1. The van der Waals surface area contributed by atoms with Gasteiger partial charge in [0.15, 0.2) is 5.13 Å². The third kappa shape index (κ3) is 5.58. The van der Waals surface area contributed by atoms with Crippen LogP contribution in [-0.4, -0.2) is 70.3 Å². The lowest BCUT2D eigenvalue weighted by Crippen LogP contribution is -2.39. The highest BCUT2D eigenvalue weighted by atomic mass is 32.1. The molecule has 2 amide bonds. The number of para-hydroxylation sites is 2. The Balaban J connectivity index is 1.75. The molecule has 1 N–H and O–H groups in total. The first-order chi connectivity index (χ1) is 14.3. The number of benzene rings is 1. The van der Waals surface area contributed by atoms with E-state index in [-0.39, 0.29) is 24.1 Å². The van der Waals surface area contributed by atoms with Crippen molar-refractivity contribution in [1.82, 2.24) is 24.8 Å². The molecule has 0 aliphatic rings. The van der Waals surface area contributed by atoms with Gasteiger partial charge in [-0.05, 0) is 53.0 Å². The Morgan fingerprint density at radius 3 is 2.47 bits per heavy atom. The van der Waals surface area contributed by atoms with Crippen LogP contribution in [0.3, 0.4) is 0 Å². The van der Waals surface area contributed by atoms with Crippen molar-refractivity contribution in [2.24, 2.45) is 0 Å². The van der Waals surface area contributed by atoms with Gasteiger partial charge in [-0.15, -0.1) is 11.3 Å². The van der Waals surface area contributed by atoms with Gasteiger partial charge < -0.3 is 15.1 Å². The summed E-state index contributed by atoms with van der Waals surface area (Å²) in [6.45, 7) is 5.03. The number of carbonyl (C=O) groups is 2. The summed E-state index contributed by atoms with van der Waals surface area (Å²) in [5.74, 6) is -0.593. The van der Waals surface area contributed by atoms with Crippen molar-refractivity contribution in [3.63, 3.8) is 0 Å². The Morgan fingerprint density at radius 2 is 1.80 bits per heavy atom. The number of thiazole rings is 1. The van der Waals surface area contributed by atoms with Gasteiger partial charge in [-0.1, -0.05) is 12.1 Å². The third-order valence-electron chi connectivity index (χ3n) is 4.60. The molecule has 0 aliphatic carbocycles. The Morgan fingerprint density at radius 1 is 1.07 bits per heavy atom. The van der Waals surface area contributed by atoms with Crippen LogP contribution in [0.4, 0.5) is 5.13 Å². The fourth-order valence-corrected chi connectivity index (χ4v) is 3.74. The predicted molar refractivity (Wildman–Crippen MR) is 119 cm³/mol. The average Bonchev–Trinajstić information content (AvgIpc) is 3.02. The zero-order chi connectivity index (χ0) is 21.7. The number of anilines is 1. The molecular weight excluding hydrogens is 400 g/mol. The maximum absolute atomic E-state index is 13.1. The summed E-state index contributed by atoms with van der Waals surface area (Å²) in [5.41, 5.74) is 2.49. The fraction of sp³-hybridized carbons (Fsp3) is 0.381. The largest absolute Gasteiger partial charge is 0.328 e. The van der Waals surface area contributed by atoms with E-state index in [1.165, 1.54) is 22.4 Å². The van der Waals surface area contributed by atoms with Gasteiger partial charge in [0.2, 0.25) is 5.91 Å². The van der Waals surface area contributed by atoms with Gasteiger partial charge in [0, 0.05) is 11.4 Å². The number of hydrogen-bond donors (Lipinski definition) is 1. The van der Waals surface area contributed by atoms with Crippen LogP contribution in [0.1, 0.15) is 27.5 Å². The van der Waals surface area contributed by atoms with Crippen molar-refractivity contribution in [3.8, 4) is 0 Å². The second-order valence-electron chi connectivity index (χ2n) is 7.34. The van der Waals surface area contributed by atoms with Crippen LogP contribution in [0.2, 0.25) is 0 Å². The number of rotatable bonds is 8. The molecule has 0 spiro atoms. The van der Waals surface area contributed by atoms with E-state index in [1.54, 1.807) is 0 Å². The van der Waals surface area contributed by atoms with E-state index in [1.807, 2.05) is 57.1 Å². The second-order valence-corrected chi connectivity index (χ2v) is 8.54. The van der Waals surface area contributed by atoms with Crippen molar-refractivity contribution >= 4 is 39.3 Å². The van der Waals surface area contributed by atoms with Crippen LogP contribution in [0.5, 0.6) is 0 Å². The molecule has 0 fully saturated rings. The van der Waals surface area contributed by atoms with Crippen LogP contribution in [0.25, 0.3) is 11.0 Å². The van der Waals surface area contributed by atoms with Crippen molar-refractivity contribution in [2.75, 3.05) is 39.0 Å². The number of nitrogens with zero attached hydrogens (tertiary/aromatic N) is 5. The monoisotopic (exact) mass is 426 g/mol. The number of carbonyl (C=O) groups excluding carboxylic acids is 2.